The summed E-state index contributed by atoms with van der Waals surface area (Å²) >= 11 is 0. The van der Waals surface area contributed by atoms with Crippen LogP contribution in [0.3, 0.4) is 0 Å². The Morgan fingerprint density at radius 2 is 1.94 bits per heavy atom. The van der Waals surface area contributed by atoms with Crippen molar-refractivity contribution in [3.8, 4) is 0 Å². The molecule has 16 heavy (non-hydrogen) atoms. The molecule has 2 heteroatoms. The van der Waals surface area contributed by atoms with Crippen molar-refractivity contribution in [3.05, 3.63) is 35.4 Å². The quantitative estimate of drug-likeness (QED) is 0.710. The maximum atomic E-state index is 11.3. The number of hydrogen-bond acceptors (Lipinski definition) is 2. The van der Waals surface area contributed by atoms with E-state index >= 15 is 0 Å². The van der Waals surface area contributed by atoms with E-state index < -0.39 is 0 Å². The Bertz CT molecular complexity index is 327. The molecular formula is C14H20O2. The molecule has 0 heterocycles. The van der Waals surface area contributed by atoms with E-state index in [-0.39, 0.29) is 11.9 Å². The Labute approximate surface area is 97.6 Å². The predicted octanol–water partition coefficient (Wildman–Crippen LogP) is 3.44. The van der Waals surface area contributed by atoms with Gasteiger partial charge in [-0.25, -0.2) is 0 Å². The van der Waals surface area contributed by atoms with Crippen molar-refractivity contribution in [2.45, 2.75) is 39.0 Å². The van der Waals surface area contributed by atoms with Crippen LogP contribution in [0.25, 0.3) is 0 Å². The van der Waals surface area contributed by atoms with E-state index in [9.17, 15) is 4.79 Å². The molecule has 1 unspecified atom stereocenters. The minimum absolute atomic E-state index is 0.126. The van der Waals surface area contributed by atoms with Gasteiger partial charge in [0.2, 0.25) is 0 Å². The molecule has 1 aromatic carbocycles. The summed E-state index contributed by atoms with van der Waals surface area (Å²) in [5, 5.41) is 0. The zero-order chi connectivity index (χ0) is 12.0. The third kappa shape index (κ3) is 3.69. The van der Waals surface area contributed by atoms with Crippen molar-refractivity contribution < 1.29 is 9.53 Å². The molecule has 0 aromatic heterocycles. The van der Waals surface area contributed by atoms with Crippen molar-refractivity contribution in [2.24, 2.45) is 0 Å². The number of rotatable bonds is 5. The predicted molar refractivity (Wildman–Crippen MR) is 65.5 cm³/mol. The lowest BCUT2D eigenvalue weighted by Gasteiger charge is -2.15. The Morgan fingerprint density at radius 1 is 1.31 bits per heavy atom. The van der Waals surface area contributed by atoms with Crippen LogP contribution in [-0.2, 0) is 9.53 Å². The van der Waals surface area contributed by atoms with Gasteiger partial charge in [-0.2, -0.15) is 0 Å². The van der Waals surface area contributed by atoms with E-state index in [1.165, 1.54) is 18.2 Å². The standard InChI is InChI=1S/C14H20O2/c1-4-5-13(10-14(15)16-3)12-8-6-11(2)7-9-12/h6-9,13H,4-5,10H2,1-3H3. The Morgan fingerprint density at radius 3 is 2.44 bits per heavy atom. The number of carbonyl (C=O) groups excluding carboxylic acids is 1. The zero-order valence-electron chi connectivity index (χ0n) is 10.3. The number of aryl methyl sites for hydroxylation is 1. The first-order valence-electron chi connectivity index (χ1n) is 5.80. The largest absolute Gasteiger partial charge is 0.469 e. The van der Waals surface area contributed by atoms with Crippen LogP contribution in [0.5, 0.6) is 0 Å². The van der Waals surface area contributed by atoms with Crippen LogP contribution < -0.4 is 0 Å². The van der Waals surface area contributed by atoms with Gasteiger partial charge in [-0.05, 0) is 24.8 Å². The Balaban J connectivity index is 2.76. The van der Waals surface area contributed by atoms with Crippen LogP contribution in [0.4, 0.5) is 0 Å². The summed E-state index contributed by atoms with van der Waals surface area (Å²) in [5.74, 6) is 0.164. The van der Waals surface area contributed by atoms with Gasteiger partial charge in [0.25, 0.3) is 0 Å². The summed E-state index contributed by atoms with van der Waals surface area (Å²) in [6.07, 6.45) is 2.58. The van der Waals surface area contributed by atoms with Gasteiger partial charge < -0.3 is 4.74 Å². The molecule has 0 radical (unpaired) electrons. The van der Waals surface area contributed by atoms with Crippen molar-refractivity contribution in [1.82, 2.24) is 0 Å². The smallest absolute Gasteiger partial charge is 0.306 e. The van der Waals surface area contributed by atoms with Crippen LogP contribution in [0.1, 0.15) is 43.2 Å². The van der Waals surface area contributed by atoms with Crippen molar-refractivity contribution in [3.63, 3.8) is 0 Å². The monoisotopic (exact) mass is 220 g/mol. The lowest BCUT2D eigenvalue weighted by atomic mass is 9.91. The molecule has 0 saturated heterocycles. The highest BCUT2D eigenvalue weighted by molar-refractivity contribution is 5.70. The molecule has 0 aliphatic heterocycles. The van der Waals surface area contributed by atoms with E-state index in [4.69, 9.17) is 4.74 Å². The van der Waals surface area contributed by atoms with E-state index in [0.29, 0.717) is 6.42 Å². The summed E-state index contributed by atoms with van der Waals surface area (Å²) in [6.45, 7) is 4.21. The van der Waals surface area contributed by atoms with Gasteiger partial charge in [0.1, 0.15) is 0 Å². The molecule has 0 N–H and O–H groups in total. The average Bonchev–Trinajstić information content (AvgIpc) is 2.29. The number of methoxy groups -OCH3 is 1. The SMILES string of the molecule is CCCC(CC(=O)OC)c1ccc(C)cc1. The summed E-state index contributed by atoms with van der Waals surface area (Å²) in [4.78, 5) is 11.3. The van der Waals surface area contributed by atoms with E-state index in [2.05, 4.69) is 38.1 Å². The molecule has 1 atom stereocenters. The topological polar surface area (TPSA) is 26.3 Å². The van der Waals surface area contributed by atoms with Crippen LogP contribution in [-0.4, -0.2) is 13.1 Å². The molecular weight excluding hydrogens is 200 g/mol. The fraction of sp³-hybridized carbons (Fsp3) is 0.500. The Kier molecular flexibility index (Phi) is 5.03. The molecule has 2 nitrogen and oxygen atoms in total. The summed E-state index contributed by atoms with van der Waals surface area (Å²) in [6, 6.07) is 8.40. The van der Waals surface area contributed by atoms with Crippen LogP contribution in [0.15, 0.2) is 24.3 Å². The Hall–Kier alpha value is -1.31. The van der Waals surface area contributed by atoms with Crippen molar-refractivity contribution >= 4 is 5.97 Å². The van der Waals surface area contributed by atoms with Gasteiger partial charge in [-0.15, -0.1) is 0 Å². The highest BCUT2D eigenvalue weighted by Crippen LogP contribution is 2.25. The van der Waals surface area contributed by atoms with Gasteiger partial charge in [0, 0.05) is 0 Å². The minimum atomic E-state index is -0.126. The van der Waals surface area contributed by atoms with Gasteiger partial charge in [-0.3, -0.25) is 4.79 Å². The van der Waals surface area contributed by atoms with Gasteiger partial charge in [0.05, 0.1) is 13.5 Å². The number of esters is 1. The first-order valence-corrected chi connectivity index (χ1v) is 5.80. The van der Waals surface area contributed by atoms with Crippen LogP contribution >= 0.6 is 0 Å². The molecule has 1 aromatic rings. The molecule has 0 bridgehead atoms. The van der Waals surface area contributed by atoms with E-state index in [0.717, 1.165) is 12.8 Å². The first-order chi connectivity index (χ1) is 7.67. The molecule has 0 aliphatic rings. The van der Waals surface area contributed by atoms with Gasteiger partial charge in [0.15, 0.2) is 0 Å². The van der Waals surface area contributed by atoms with Crippen LogP contribution in [0.2, 0.25) is 0 Å². The first kappa shape index (κ1) is 12.8. The summed E-state index contributed by atoms with van der Waals surface area (Å²) in [5.41, 5.74) is 2.48. The number of hydrogen-bond donors (Lipinski definition) is 0. The fourth-order valence-corrected chi connectivity index (χ4v) is 1.86. The third-order valence-corrected chi connectivity index (χ3v) is 2.83. The molecule has 0 aliphatic carbocycles. The van der Waals surface area contributed by atoms with Crippen molar-refractivity contribution in [2.75, 3.05) is 7.11 Å². The van der Waals surface area contributed by atoms with Crippen molar-refractivity contribution in [1.29, 1.82) is 0 Å². The molecule has 0 amide bonds. The molecule has 0 fully saturated rings. The fourth-order valence-electron chi connectivity index (χ4n) is 1.86. The normalized spacial score (nSPS) is 12.2. The maximum Gasteiger partial charge on any atom is 0.306 e. The molecule has 0 spiro atoms. The van der Waals surface area contributed by atoms with E-state index in [1.54, 1.807) is 0 Å². The lowest BCUT2D eigenvalue weighted by Crippen LogP contribution is -2.08. The molecule has 88 valence electrons. The highest BCUT2D eigenvalue weighted by atomic mass is 16.5. The lowest BCUT2D eigenvalue weighted by molar-refractivity contribution is -0.141. The summed E-state index contributed by atoms with van der Waals surface area (Å²) < 4.78 is 4.73. The average molecular weight is 220 g/mol. The maximum absolute atomic E-state index is 11.3. The summed E-state index contributed by atoms with van der Waals surface area (Å²) in [7, 11) is 1.44. The second-order valence-electron chi connectivity index (χ2n) is 4.18. The third-order valence-electron chi connectivity index (χ3n) is 2.83. The molecule has 0 saturated carbocycles. The van der Waals surface area contributed by atoms with Gasteiger partial charge >= 0.3 is 5.97 Å². The second kappa shape index (κ2) is 6.31. The zero-order valence-corrected chi connectivity index (χ0v) is 10.3. The minimum Gasteiger partial charge on any atom is -0.469 e. The number of benzene rings is 1. The highest BCUT2D eigenvalue weighted by Gasteiger charge is 2.15. The van der Waals surface area contributed by atoms with E-state index in [1.807, 2.05) is 0 Å². The van der Waals surface area contributed by atoms with Crippen LogP contribution in [0, 0.1) is 6.92 Å². The number of ether oxygens (including phenoxy) is 1. The second-order valence-corrected chi connectivity index (χ2v) is 4.18. The number of carbonyl (C=O) groups is 1. The van der Waals surface area contributed by atoms with Gasteiger partial charge in [-0.1, -0.05) is 43.2 Å². The molecule has 1 rings (SSSR count).